The monoisotopic (exact) mass is 296 g/mol. The zero-order valence-corrected chi connectivity index (χ0v) is 14.5. The number of rotatable bonds is 7. The number of hydrogen-bond acceptors (Lipinski definition) is 2. The van der Waals surface area contributed by atoms with Crippen molar-refractivity contribution >= 4 is 11.8 Å². The van der Waals surface area contributed by atoms with E-state index in [1.54, 1.807) is 0 Å². The van der Waals surface area contributed by atoms with Crippen molar-refractivity contribution in [2.75, 3.05) is 0 Å². The molecule has 0 bridgehead atoms. The zero-order chi connectivity index (χ0) is 16.2. The van der Waals surface area contributed by atoms with Gasteiger partial charge < -0.3 is 10.2 Å². The summed E-state index contributed by atoms with van der Waals surface area (Å²) in [5, 5.41) is 2.94. The second kappa shape index (κ2) is 7.81. The second-order valence-corrected chi connectivity index (χ2v) is 6.86. The molecule has 4 atom stereocenters. The minimum atomic E-state index is -0.355. The molecule has 1 rings (SSSR count). The highest BCUT2D eigenvalue weighted by atomic mass is 16.2. The van der Waals surface area contributed by atoms with Gasteiger partial charge in [-0.25, -0.2) is 0 Å². The molecule has 21 heavy (non-hydrogen) atoms. The molecule has 1 heterocycles. The van der Waals surface area contributed by atoms with Crippen LogP contribution in [0.25, 0.3) is 0 Å². The van der Waals surface area contributed by atoms with Crippen LogP contribution in [0.5, 0.6) is 0 Å². The van der Waals surface area contributed by atoms with Crippen molar-refractivity contribution < 1.29 is 9.59 Å². The van der Waals surface area contributed by atoms with E-state index < -0.39 is 0 Å². The van der Waals surface area contributed by atoms with Gasteiger partial charge in [-0.2, -0.15) is 0 Å². The lowest BCUT2D eigenvalue weighted by atomic mass is 9.91. The summed E-state index contributed by atoms with van der Waals surface area (Å²) in [4.78, 5) is 27.0. The van der Waals surface area contributed by atoms with E-state index in [9.17, 15) is 9.59 Å². The number of hydrogen-bond donors (Lipinski definition) is 1. The molecule has 0 aliphatic carbocycles. The third-order valence-electron chi connectivity index (χ3n) is 4.69. The Labute approximate surface area is 129 Å². The second-order valence-electron chi connectivity index (χ2n) is 6.86. The molecular formula is C17H32N2O2. The molecule has 0 radical (unpaired) electrons. The average Bonchev–Trinajstić information content (AvgIpc) is 2.45. The van der Waals surface area contributed by atoms with Crippen LogP contribution in [-0.2, 0) is 9.59 Å². The number of amides is 2. The van der Waals surface area contributed by atoms with E-state index in [1.165, 1.54) is 0 Å². The first kappa shape index (κ1) is 18.0. The maximum Gasteiger partial charge on any atom is 0.246 e. The molecule has 4 unspecified atom stereocenters. The molecule has 1 N–H and O–H groups in total. The smallest absolute Gasteiger partial charge is 0.246 e. The first-order chi connectivity index (χ1) is 9.83. The summed E-state index contributed by atoms with van der Waals surface area (Å²) < 4.78 is 0. The normalized spacial score (nSPS) is 26.0. The molecule has 1 aliphatic rings. The molecule has 2 amide bonds. The number of carbonyl (C=O) groups excluding carboxylic acids is 2. The van der Waals surface area contributed by atoms with Crippen molar-refractivity contribution in [3.8, 4) is 0 Å². The maximum absolute atomic E-state index is 12.8. The minimum Gasteiger partial charge on any atom is -0.342 e. The lowest BCUT2D eigenvalue weighted by Crippen LogP contribution is -2.66. The fourth-order valence-electron chi connectivity index (χ4n) is 2.99. The molecule has 4 nitrogen and oxygen atoms in total. The summed E-state index contributed by atoms with van der Waals surface area (Å²) in [6.45, 7) is 12.5. The lowest BCUT2D eigenvalue weighted by Gasteiger charge is -2.43. The Morgan fingerprint density at radius 2 is 1.71 bits per heavy atom. The largest absolute Gasteiger partial charge is 0.342 e. The quantitative estimate of drug-likeness (QED) is 0.785. The van der Waals surface area contributed by atoms with Gasteiger partial charge in [0.15, 0.2) is 0 Å². The number of carbonyl (C=O) groups is 2. The summed E-state index contributed by atoms with van der Waals surface area (Å²) in [6, 6.07) is -0.533. The average molecular weight is 296 g/mol. The van der Waals surface area contributed by atoms with E-state index >= 15 is 0 Å². The van der Waals surface area contributed by atoms with Crippen LogP contribution in [0.2, 0.25) is 0 Å². The van der Waals surface area contributed by atoms with Crippen LogP contribution in [0.3, 0.4) is 0 Å². The Morgan fingerprint density at radius 3 is 2.19 bits per heavy atom. The first-order valence-corrected chi connectivity index (χ1v) is 8.45. The van der Waals surface area contributed by atoms with E-state index in [-0.39, 0.29) is 35.9 Å². The number of piperazine rings is 1. The van der Waals surface area contributed by atoms with Gasteiger partial charge in [0.25, 0.3) is 0 Å². The molecule has 0 aromatic rings. The van der Waals surface area contributed by atoms with Crippen molar-refractivity contribution in [1.29, 1.82) is 0 Å². The van der Waals surface area contributed by atoms with Crippen molar-refractivity contribution in [3.63, 3.8) is 0 Å². The highest BCUT2D eigenvalue weighted by Gasteiger charge is 2.43. The third kappa shape index (κ3) is 4.21. The lowest BCUT2D eigenvalue weighted by molar-refractivity contribution is -0.153. The van der Waals surface area contributed by atoms with E-state index in [4.69, 9.17) is 0 Å². The van der Waals surface area contributed by atoms with Crippen molar-refractivity contribution in [2.45, 2.75) is 85.4 Å². The van der Waals surface area contributed by atoms with Crippen molar-refractivity contribution in [3.05, 3.63) is 0 Å². The van der Waals surface area contributed by atoms with Crippen molar-refractivity contribution in [2.24, 2.45) is 11.8 Å². The van der Waals surface area contributed by atoms with E-state index in [0.29, 0.717) is 12.3 Å². The summed E-state index contributed by atoms with van der Waals surface area (Å²) in [5.41, 5.74) is 0. The van der Waals surface area contributed by atoms with Crippen LogP contribution in [-0.4, -0.2) is 34.8 Å². The standard InChI is InChI=1S/C17H32N2O2/c1-7-12(5)15-17(21)19(13(6)10-9-11(3)4)14(8-2)16(20)18-15/h11-15H,7-10H2,1-6H3,(H,18,20). The Kier molecular flexibility index (Phi) is 6.69. The van der Waals surface area contributed by atoms with E-state index in [1.807, 2.05) is 18.7 Å². The van der Waals surface area contributed by atoms with Crippen LogP contribution in [0.1, 0.15) is 67.2 Å². The molecule has 0 aromatic carbocycles. The van der Waals surface area contributed by atoms with Gasteiger partial charge in [-0.05, 0) is 38.0 Å². The van der Waals surface area contributed by atoms with Gasteiger partial charge >= 0.3 is 0 Å². The minimum absolute atomic E-state index is 0.0128. The molecule has 122 valence electrons. The molecule has 4 heteroatoms. The number of nitrogens with one attached hydrogen (secondary N) is 1. The summed E-state index contributed by atoms with van der Waals surface area (Å²) in [7, 11) is 0. The predicted octanol–water partition coefficient (Wildman–Crippen LogP) is 2.96. The highest BCUT2D eigenvalue weighted by Crippen LogP contribution is 2.24. The fourth-order valence-corrected chi connectivity index (χ4v) is 2.99. The summed E-state index contributed by atoms with van der Waals surface area (Å²) in [6.07, 6.45) is 3.61. The molecule has 1 fully saturated rings. The molecular weight excluding hydrogens is 264 g/mol. The zero-order valence-electron chi connectivity index (χ0n) is 14.5. The van der Waals surface area contributed by atoms with Gasteiger partial charge in [0.05, 0.1) is 0 Å². The van der Waals surface area contributed by atoms with E-state index in [0.717, 1.165) is 19.3 Å². The third-order valence-corrected chi connectivity index (χ3v) is 4.69. The predicted molar refractivity (Wildman–Crippen MR) is 85.8 cm³/mol. The van der Waals surface area contributed by atoms with Crippen LogP contribution >= 0.6 is 0 Å². The molecule has 1 saturated heterocycles. The Balaban J connectivity index is 2.92. The Morgan fingerprint density at radius 1 is 1.10 bits per heavy atom. The topological polar surface area (TPSA) is 49.4 Å². The van der Waals surface area contributed by atoms with Crippen LogP contribution in [0, 0.1) is 11.8 Å². The number of nitrogens with zero attached hydrogens (tertiary/aromatic N) is 1. The molecule has 0 spiro atoms. The molecule has 1 aliphatic heterocycles. The molecule has 0 aromatic heterocycles. The van der Waals surface area contributed by atoms with Gasteiger partial charge in [-0.3, -0.25) is 9.59 Å². The van der Waals surface area contributed by atoms with E-state index in [2.05, 4.69) is 33.0 Å². The van der Waals surface area contributed by atoms with Crippen molar-refractivity contribution in [1.82, 2.24) is 10.2 Å². The Bertz CT molecular complexity index is 368. The van der Waals surface area contributed by atoms with Gasteiger partial charge in [0, 0.05) is 6.04 Å². The van der Waals surface area contributed by atoms with Crippen LogP contribution in [0.4, 0.5) is 0 Å². The molecule has 0 saturated carbocycles. The summed E-state index contributed by atoms with van der Waals surface area (Å²) in [5.74, 6) is 0.913. The SMILES string of the molecule is CCC(C)C1NC(=O)C(CC)N(C(C)CCC(C)C)C1=O. The Hall–Kier alpha value is -1.06. The van der Waals surface area contributed by atoms with Gasteiger partial charge in [0.2, 0.25) is 11.8 Å². The maximum atomic E-state index is 12.8. The van der Waals surface area contributed by atoms with Gasteiger partial charge in [-0.15, -0.1) is 0 Å². The van der Waals surface area contributed by atoms with Crippen LogP contribution in [0.15, 0.2) is 0 Å². The van der Waals surface area contributed by atoms with Gasteiger partial charge in [0.1, 0.15) is 12.1 Å². The van der Waals surface area contributed by atoms with Gasteiger partial charge in [-0.1, -0.05) is 41.0 Å². The highest BCUT2D eigenvalue weighted by molar-refractivity contribution is 5.97. The first-order valence-electron chi connectivity index (χ1n) is 8.45. The fraction of sp³-hybridized carbons (Fsp3) is 0.882. The summed E-state index contributed by atoms with van der Waals surface area (Å²) >= 11 is 0. The van der Waals surface area contributed by atoms with Crippen LogP contribution < -0.4 is 5.32 Å².